The van der Waals surface area contributed by atoms with Gasteiger partial charge in [-0.1, -0.05) is 6.07 Å². The maximum absolute atomic E-state index is 13.3. The van der Waals surface area contributed by atoms with Gasteiger partial charge in [-0.25, -0.2) is 13.6 Å². The van der Waals surface area contributed by atoms with E-state index in [-0.39, 0.29) is 11.4 Å². The maximum Gasteiger partial charge on any atom is 0.336 e. The van der Waals surface area contributed by atoms with Gasteiger partial charge in [0.1, 0.15) is 11.6 Å². The summed E-state index contributed by atoms with van der Waals surface area (Å²) in [6.45, 7) is 3.39. The Kier molecular flexibility index (Phi) is 3.34. The lowest BCUT2D eigenvalue weighted by molar-refractivity contribution is 0.0697. The first-order valence-corrected chi connectivity index (χ1v) is 5.70. The fourth-order valence-electron chi connectivity index (χ4n) is 2.25. The van der Waals surface area contributed by atoms with Crippen LogP contribution in [-0.2, 0) is 0 Å². The third-order valence-corrected chi connectivity index (χ3v) is 2.98. The first-order chi connectivity index (χ1) is 8.90. The minimum Gasteiger partial charge on any atom is -0.478 e. The van der Waals surface area contributed by atoms with Crippen LogP contribution in [0, 0.1) is 25.5 Å². The van der Waals surface area contributed by atoms with Crippen LogP contribution >= 0.6 is 0 Å². The smallest absolute Gasteiger partial charge is 0.336 e. The van der Waals surface area contributed by atoms with E-state index >= 15 is 0 Å². The number of rotatable bonds is 2. The SMILES string of the molecule is Cc1cc(F)cc(C)c1-c1ccc(F)cc1C(=O)O. The topological polar surface area (TPSA) is 37.3 Å². The minimum absolute atomic E-state index is 0.127. The van der Waals surface area contributed by atoms with Crippen molar-refractivity contribution in [2.45, 2.75) is 13.8 Å². The summed E-state index contributed by atoms with van der Waals surface area (Å²) in [4.78, 5) is 11.2. The van der Waals surface area contributed by atoms with E-state index in [1.54, 1.807) is 13.8 Å². The van der Waals surface area contributed by atoms with E-state index in [2.05, 4.69) is 0 Å². The van der Waals surface area contributed by atoms with E-state index in [0.29, 0.717) is 22.3 Å². The third kappa shape index (κ3) is 2.47. The lowest BCUT2D eigenvalue weighted by Gasteiger charge is -2.13. The van der Waals surface area contributed by atoms with E-state index in [4.69, 9.17) is 5.11 Å². The number of hydrogen-bond acceptors (Lipinski definition) is 1. The summed E-state index contributed by atoms with van der Waals surface area (Å²) in [6, 6.07) is 6.24. The fraction of sp³-hybridized carbons (Fsp3) is 0.133. The van der Waals surface area contributed by atoms with E-state index in [0.717, 1.165) is 6.07 Å². The average molecular weight is 262 g/mol. The zero-order chi connectivity index (χ0) is 14.2. The number of carboxylic acid groups (broad SMARTS) is 1. The molecule has 0 aliphatic rings. The molecule has 0 aromatic heterocycles. The van der Waals surface area contributed by atoms with Gasteiger partial charge in [0.05, 0.1) is 5.56 Å². The van der Waals surface area contributed by atoms with Crippen molar-refractivity contribution in [1.29, 1.82) is 0 Å². The van der Waals surface area contributed by atoms with Crippen molar-refractivity contribution in [2.75, 3.05) is 0 Å². The molecule has 0 spiro atoms. The summed E-state index contributed by atoms with van der Waals surface area (Å²) in [7, 11) is 0. The highest BCUT2D eigenvalue weighted by Crippen LogP contribution is 2.31. The number of benzene rings is 2. The molecule has 19 heavy (non-hydrogen) atoms. The Bertz CT molecular complexity index is 640. The summed E-state index contributed by atoms with van der Waals surface area (Å²) in [6.07, 6.45) is 0. The van der Waals surface area contributed by atoms with Gasteiger partial charge < -0.3 is 5.11 Å². The number of aromatic carboxylic acids is 1. The van der Waals surface area contributed by atoms with Crippen molar-refractivity contribution in [2.24, 2.45) is 0 Å². The molecule has 0 heterocycles. The lowest BCUT2D eigenvalue weighted by atomic mass is 9.92. The summed E-state index contributed by atoms with van der Waals surface area (Å²) >= 11 is 0. The summed E-state index contributed by atoms with van der Waals surface area (Å²) in [5.74, 6) is -2.20. The molecule has 2 nitrogen and oxygen atoms in total. The Morgan fingerprint density at radius 3 is 2.11 bits per heavy atom. The quantitative estimate of drug-likeness (QED) is 0.889. The second-order valence-corrected chi connectivity index (χ2v) is 4.41. The zero-order valence-electron chi connectivity index (χ0n) is 10.5. The fourth-order valence-corrected chi connectivity index (χ4v) is 2.25. The van der Waals surface area contributed by atoms with Crippen LogP contribution in [0.1, 0.15) is 21.5 Å². The monoisotopic (exact) mass is 262 g/mol. The van der Waals surface area contributed by atoms with Crippen LogP contribution in [0.3, 0.4) is 0 Å². The second-order valence-electron chi connectivity index (χ2n) is 4.41. The van der Waals surface area contributed by atoms with Gasteiger partial charge in [-0.15, -0.1) is 0 Å². The Morgan fingerprint density at radius 1 is 1.00 bits per heavy atom. The summed E-state index contributed by atoms with van der Waals surface area (Å²) in [5, 5.41) is 9.15. The molecule has 0 fully saturated rings. The first kappa shape index (κ1) is 13.2. The lowest BCUT2D eigenvalue weighted by Crippen LogP contribution is -2.02. The standard InChI is InChI=1S/C15H12F2O2/c1-8-5-11(17)6-9(2)14(8)12-4-3-10(16)7-13(12)15(18)19/h3-7H,1-2H3,(H,18,19). The molecule has 0 atom stereocenters. The Morgan fingerprint density at radius 2 is 1.58 bits per heavy atom. The molecule has 0 amide bonds. The van der Waals surface area contributed by atoms with Gasteiger partial charge in [0, 0.05) is 0 Å². The molecule has 2 rings (SSSR count). The molecule has 0 bridgehead atoms. The van der Waals surface area contributed by atoms with Crippen molar-refractivity contribution in [3.63, 3.8) is 0 Å². The molecular formula is C15H12F2O2. The normalized spacial score (nSPS) is 10.5. The van der Waals surface area contributed by atoms with Crippen molar-refractivity contribution >= 4 is 5.97 Å². The molecule has 0 aliphatic heterocycles. The van der Waals surface area contributed by atoms with E-state index in [1.165, 1.54) is 24.3 Å². The Hall–Kier alpha value is -2.23. The van der Waals surface area contributed by atoms with Crippen LogP contribution < -0.4 is 0 Å². The van der Waals surface area contributed by atoms with Crippen LogP contribution in [0.25, 0.3) is 11.1 Å². The van der Waals surface area contributed by atoms with Gasteiger partial charge in [0.15, 0.2) is 0 Å². The van der Waals surface area contributed by atoms with Gasteiger partial charge in [0.2, 0.25) is 0 Å². The molecule has 4 heteroatoms. The molecule has 0 saturated heterocycles. The summed E-state index contributed by atoms with van der Waals surface area (Å²) in [5.41, 5.74) is 2.12. The van der Waals surface area contributed by atoms with Gasteiger partial charge in [-0.2, -0.15) is 0 Å². The van der Waals surface area contributed by atoms with Crippen molar-refractivity contribution in [1.82, 2.24) is 0 Å². The van der Waals surface area contributed by atoms with Crippen LogP contribution in [0.15, 0.2) is 30.3 Å². The molecule has 0 unspecified atom stereocenters. The van der Waals surface area contributed by atoms with Crippen LogP contribution in [0.4, 0.5) is 8.78 Å². The maximum atomic E-state index is 13.3. The minimum atomic E-state index is -1.21. The van der Waals surface area contributed by atoms with Gasteiger partial charge in [-0.05, 0) is 60.4 Å². The summed E-state index contributed by atoms with van der Waals surface area (Å²) < 4.78 is 26.4. The molecule has 0 radical (unpaired) electrons. The number of halogens is 2. The second kappa shape index (κ2) is 4.80. The van der Waals surface area contributed by atoms with E-state index in [1.807, 2.05) is 0 Å². The molecule has 0 aliphatic carbocycles. The van der Waals surface area contributed by atoms with E-state index < -0.39 is 11.8 Å². The van der Waals surface area contributed by atoms with Crippen molar-refractivity contribution < 1.29 is 18.7 Å². The van der Waals surface area contributed by atoms with Gasteiger partial charge >= 0.3 is 5.97 Å². The van der Waals surface area contributed by atoms with Crippen LogP contribution in [0.5, 0.6) is 0 Å². The Balaban J connectivity index is 2.76. The highest BCUT2D eigenvalue weighted by atomic mass is 19.1. The molecule has 1 N–H and O–H groups in total. The first-order valence-electron chi connectivity index (χ1n) is 5.70. The highest BCUT2D eigenvalue weighted by molar-refractivity contribution is 5.97. The molecular weight excluding hydrogens is 250 g/mol. The number of hydrogen-bond donors (Lipinski definition) is 1. The molecule has 98 valence electrons. The molecule has 2 aromatic rings. The van der Waals surface area contributed by atoms with E-state index in [9.17, 15) is 13.6 Å². The number of aryl methyl sites for hydroxylation is 2. The van der Waals surface area contributed by atoms with Crippen LogP contribution in [0.2, 0.25) is 0 Å². The molecule has 0 saturated carbocycles. The van der Waals surface area contributed by atoms with Crippen molar-refractivity contribution in [3.05, 3.63) is 58.7 Å². The molecule has 2 aromatic carbocycles. The highest BCUT2D eigenvalue weighted by Gasteiger charge is 2.16. The van der Waals surface area contributed by atoms with Gasteiger partial charge in [0.25, 0.3) is 0 Å². The van der Waals surface area contributed by atoms with Crippen molar-refractivity contribution in [3.8, 4) is 11.1 Å². The third-order valence-electron chi connectivity index (χ3n) is 2.98. The predicted octanol–water partition coefficient (Wildman–Crippen LogP) is 3.95. The predicted molar refractivity (Wildman–Crippen MR) is 68.2 cm³/mol. The zero-order valence-corrected chi connectivity index (χ0v) is 10.5. The Labute approximate surface area is 109 Å². The number of carbonyl (C=O) groups is 1. The van der Waals surface area contributed by atoms with Crippen LogP contribution in [-0.4, -0.2) is 11.1 Å². The average Bonchev–Trinajstić information content (AvgIpc) is 2.29. The largest absolute Gasteiger partial charge is 0.478 e. The number of carboxylic acids is 1. The van der Waals surface area contributed by atoms with Gasteiger partial charge in [-0.3, -0.25) is 0 Å².